The maximum atomic E-state index is 14.4. The summed E-state index contributed by atoms with van der Waals surface area (Å²) in [7, 11) is 0. The van der Waals surface area contributed by atoms with Crippen LogP contribution in [0.4, 0.5) is 15.8 Å². The Morgan fingerprint density at radius 3 is 2.48 bits per heavy atom. The molecule has 3 aromatic rings. The summed E-state index contributed by atoms with van der Waals surface area (Å²) in [6.07, 6.45) is 0. The van der Waals surface area contributed by atoms with Crippen LogP contribution in [0.1, 0.15) is 32.1 Å². The number of hydrogen-bond donors (Lipinski definition) is 1. The Labute approximate surface area is 183 Å². The fourth-order valence-corrected chi connectivity index (χ4v) is 4.21. The zero-order valence-electron chi connectivity index (χ0n) is 17.0. The number of nitrogens with one attached hydrogen (secondary N) is 1. The number of carbonyl (C=O) groups is 2. The van der Waals surface area contributed by atoms with Gasteiger partial charge in [0.1, 0.15) is 10.8 Å². The number of piperazine rings is 1. The van der Waals surface area contributed by atoms with Gasteiger partial charge in [-0.25, -0.2) is 4.39 Å². The zero-order chi connectivity index (χ0) is 21.8. The van der Waals surface area contributed by atoms with E-state index < -0.39 is 0 Å². The van der Waals surface area contributed by atoms with Gasteiger partial charge in [0.2, 0.25) is 5.01 Å². The van der Waals surface area contributed by atoms with Crippen LogP contribution in [0.3, 0.4) is 0 Å². The molecule has 9 heteroatoms. The molecule has 0 radical (unpaired) electrons. The van der Waals surface area contributed by atoms with Gasteiger partial charge in [-0.05, 0) is 37.3 Å². The molecule has 31 heavy (non-hydrogen) atoms. The third kappa shape index (κ3) is 5.12. The Balaban J connectivity index is 1.31. The van der Waals surface area contributed by atoms with Gasteiger partial charge >= 0.3 is 0 Å². The number of hydrogen-bond acceptors (Lipinski definition) is 7. The van der Waals surface area contributed by atoms with Crippen LogP contribution in [0.25, 0.3) is 0 Å². The summed E-state index contributed by atoms with van der Waals surface area (Å²) < 4.78 is 14.4. The van der Waals surface area contributed by atoms with Gasteiger partial charge in [0.25, 0.3) is 5.91 Å². The van der Waals surface area contributed by atoms with Crippen molar-refractivity contribution < 1.29 is 14.0 Å². The smallest absolute Gasteiger partial charge is 0.286 e. The predicted molar refractivity (Wildman–Crippen MR) is 118 cm³/mol. The number of anilines is 2. The molecule has 2 heterocycles. The number of aromatic nitrogens is 2. The van der Waals surface area contributed by atoms with Crippen LogP contribution in [-0.4, -0.2) is 53.0 Å². The van der Waals surface area contributed by atoms with E-state index in [1.807, 2.05) is 35.2 Å². The molecule has 1 aromatic heterocycles. The fourth-order valence-electron chi connectivity index (χ4n) is 3.44. The van der Waals surface area contributed by atoms with E-state index in [-0.39, 0.29) is 17.5 Å². The highest BCUT2D eigenvalue weighted by atomic mass is 32.1. The van der Waals surface area contributed by atoms with Crippen LogP contribution in [0, 0.1) is 5.82 Å². The number of Topliss-reactive ketones (excluding diaryl/α,β-unsaturated/α-hetero) is 1. The van der Waals surface area contributed by atoms with E-state index in [0.29, 0.717) is 41.6 Å². The van der Waals surface area contributed by atoms with Crippen LogP contribution in [-0.2, 0) is 6.54 Å². The molecule has 1 N–H and O–H groups in total. The van der Waals surface area contributed by atoms with Crippen molar-refractivity contribution >= 4 is 34.4 Å². The summed E-state index contributed by atoms with van der Waals surface area (Å²) in [6.45, 7) is 4.82. The Morgan fingerprint density at radius 1 is 1.06 bits per heavy atom. The molecule has 7 nitrogen and oxygen atoms in total. The molecule has 1 aliphatic heterocycles. The lowest BCUT2D eigenvalue weighted by Gasteiger charge is -2.35. The van der Waals surface area contributed by atoms with Gasteiger partial charge in [-0.3, -0.25) is 14.5 Å². The van der Waals surface area contributed by atoms with Crippen molar-refractivity contribution in [2.24, 2.45) is 0 Å². The maximum absolute atomic E-state index is 14.4. The van der Waals surface area contributed by atoms with E-state index in [0.717, 1.165) is 18.1 Å². The normalized spacial score (nSPS) is 14.5. The molecular weight excluding hydrogens is 417 g/mol. The number of rotatable bonds is 6. The third-order valence-corrected chi connectivity index (χ3v) is 6.03. The Hall–Kier alpha value is -3.17. The Bertz CT molecular complexity index is 1080. The highest BCUT2D eigenvalue weighted by molar-refractivity contribution is 7.13. The first kappa shape index (κ1) is 21.1. The number of benzene rings is 2. The first-order chi connectivity index (χ1) is 15.0. The monoisotopic (exact) mass is 439 g/mol. The third-order valence-electron chi connectivity index (χ3n) is 5.12. The second kappa shape index (κ2) is 9.32. The number of carbonyl (C=O) groups excluding carboxylic acids is 2. The lowest BCUT2D eigenvalue weighted by atomic mass is 10.1. The molecule has 160 valence electrons. The van der Waals surface area contributed by atoms with Crippen molar-refractivity contribution in [3.8, 4) is 0 Å². The van der Waals surface area contributed by atoms with Crippen molar-refractivity contribution in [1.82, 2.24) is 15.1 Å². The maximum Gasteiger partial charge on any atom is 0.286 e. The Kier molecular flexibility index (Phi) is 6.34. The number of nitrogens with zero attached hydrogens (tertiary/aromatic N) is 4. The zero-order valence-corrected chi connectivity index (χ0v) is 17.9. The minimum Gasteiger partial charge on any atom is -0.367 e. The van der Waals surface area contributed by atoms with Crippen molar-refractivity contribution in [3.05, 3.63) is 69.9 Å². The minimum atomic E-state index is -0.376. The van der Waals surface area contributed by atoms with Gasteiger partial charge < -0.3 is 10.2 Å². The quantitative estimate of drug-likeness (QED) is 0.593. The highest BCUT2D eigenvalue weighted by Gasteiger charge is 2.22. The fraction of sp³-hybridized carbons (Fsp3) is 0.273. The van der Waals surface area contributed by atoms with Crippen LogP contribution in [0.2, 0.25) is 0 Å². The number of ketones is 1. The standard InChI is InChI=1S/C22H22FN5O2S/c1-15(29)16-7-8-19(18(23)13-16)28-11-9-27(10-12-28)14-20-25-26-22(31-20)21(30)24-17-5-3-2-4-6-17/h2-8,13H,9-12,14H2,1H3,(H,24,30). The number of para-hydroxylation sites is 1. The van der Waals surface area contributed by atoms with Crippen LogP contribution in [0.5, 0.6) is 0 Å². The summed E-state index contributed by atoms with van der Waals surface area (Å²) in [5.74, 6) is -0.798. The van der Waals surface area contributed by atoms with E-state index >= 15 is 0 Å². The molecule has 1 fully saturated rings. The van der Waals surface area contributed by atoms with Gasteiger partial charge in [0.05, 0.1) is 12.2 Å². The van der Waals surface area contributed by atoms with Gasteiger partial charge in [-0.1, -0.05) is 29.5 Å². The molecule has 2 aromatic carbocycles. The average molecular weight is 440 g/mol. The van der Waals surface area contributed by atoms with E-state index in [2.05, 4.69) is 20.4 Å². The molecule has 1 amide bonds. The van der Waals surface area contributed by atoms with E-state index in [4.69, 9.17) is 0 Å². The molecule has 0 unspecified atom stereocenters. The van der Waals surface area contributed by atoms with Gasteiger partial charge in [0.15, 0.2) is 5.78 Å². The summed E-state index contributed by atoms with van der Waals surface area (Å²) in [6, 6.07) is 13.8. The van der Waals surface area contributed by atoms with Crippen LogP contribution < -0.4 is 10.2 Å². The first-order valence-corrected chi connectivity index (χ1v) is 10.8. The number of halogens is 1. The number of amides is 1. The molecule has 1 saturated heterocycles. The highest BCUT2D eigenvalue weighted by Crippen LogP contribution is 2.23. The first-order valence-electron chi connectivity index (χ1n) is 9.96. The molecule has 0 spiro atoms. The summed E-state index contributed by atoms with van der Waals surface area (Å²) in [5.41, 5.74) is 1.60. The van der Waals surface area contributed by atoms with Crippen LogP contribution in [0.15, 0.2) is 48.5 Å². The van der Waals surface area contributed by atoms with E-state index in [1.54, 1.807) is 12.1 Å². The van der Waals surface area contributed by atoms with Crippen molar-refractivity contribution in [2.75, 3.05) is 36.4 Å². The van der Waals surface area contributed by atoms with E-state index in [9.17, 15) is 14.0 Å². The van der Waals surface area contributed by atoms with Crippen molar-refractivity contribution in [1.29, 1.82) is 0 Å². The SMILES string of the molecule is CC(=O)c1ccc(N2CCN(Cc3nnc(C(=O)Nc4ccccc4)s3)CC2)c(F)c1. The van der Waals surface area contributed by atoms with Gasteiger partial charge in [-0.2, -0.15) is 0 Å². The second-order valence-electron chi connectivity index (χ2n) is 7.31. The second-order valence-corrected chi connectivity index (χ2v) is 8.37. The summed E-state index contributed by atoms with van der Waals surface area (Å²) in [4.78, 5) is 27.9. The van der Waals surface area contributed by atoms with Crippen molar-refractivity contribution in [3.63, 3.8) is 0 Å². The summed E-state index contributed by atoms with van der Waals surface area (Å²) in [5, 5.41) is 12.1. The largest absolute Gasteiger partial charge is 0.367 e. The lowest BCUT2D eigenvalue weighted by Crippen LogP contribution is -2.46. The van der Waals surface area contributed by atoms with Gasteiger partial charge in [0, 0.05) is 37.4 Å². The van der Waals surface area contributed by atoms with E-state index in [1.165, 1.54) is 24.3 Å². The molecule has 4 rings (SSSR count). The van der Waals surface area contributed by atoms with Crippen LogP contribution >= 0.6 is 11.3 Å². The molecule has 0 bridgehead atoms. The van der Waals surface area contributed by atoms with Crippen molar-refractivity contribution in [2.45, 2.75) is 13.5 Å². The molecule has 0 aliphatic carbocycles. The Morgan fingerprint density at radius 2 is 1.81 bits per heavy atom. The van der Waals surface area contributed by atoms with Gasteiger partial charge in [-0.15, -0.1) is 10.2 Å². The molecular formula is C22H22FN5O2S. The molecule has 1 aliphatic rings. The minimum absolute atomic E-state index is 0.149. The topological polar surface area (TPSA) is 78.4 Å². The predicted octanol–water partition coefficient (Wildman–Crippen LogP) is 3.45. The lowest BCUT2D eigenvalue weighted by molar-refractivity contribution is 0.101. The average Bonchev–Trinajstić information content (AvgIpc) is 3.24. The summed E-state index contributed by atoms with van der Waals surface area (Å²) >= 11 is 1.28. The molecule has 0 atom stereocenters. The molecule has 0 saturated carbocycles.